The lowest BCUT2D eigenvalue weighted by Crippen LogP contribution is -2.25. The Balaban J connectivity index is 2.19. The second-order valence-corrected chi connectivity index (χ2v) is 4.73. The van der Waals surface area contributed by atoms with Crippen molar-refractivity contribution in [1.82, 2.24) is 5.32 Å². The molecule has 1 rings (SSSR count). The van der Waals surface area contributed by atoms with E-state index in [9.17, 15) is 9.59 Å². The lowest BCUT2D eigenvalue weighted by molar-refractivity contribution is -0.123. The molecule has 0 radical (unpaired) electrons. The summed E-state index contributed by atoms with van der Waals surface area (Å²) in [7, 11) is 0. The van der Waals surface area contributed by atoms with E-state index in [1.165, 1.54) is 0 Å². The van der Waals surface area contributed by atoms with Gasteiger partial charge >= 0.3 is 0 Å². The summed E-state index contributed by atoms with van der Waals surface area (Å²) >= 11 is 1.61. The largest absolute Gasteiger partial charge is 0.369 e. The van der Waals surface area contributed by atoms with Gasteiger partial charge in [0.2, 0.25) is 11.8 Å². The number of amides is 2. The summed E-state index contributed by atoms with van der Waals surface area (Å²) in [6.07, 6.45) is 0.848. The van der Waals surface area contributed by atoms with Crippen LogP contribution in [0.5, 0.6) is 0 Å². The van der Waals surface area contributed by atoms with Gasteiger partial charge in [0.1, 0.15) is 0 Å². The van der Waals surface area contributed by atoms with E-state index in [0.717, 1.165) is 4.88 Å². The predicted octanol–water partition coefficient (Wildman–Crippen LogP) is 1.27. The zero-order valence-corrected chi connectivity index (χ0v) is 10.0. The third-order valence-corrected chi connectivity index (χ3v) is 3.21. The lowest BCUT2D eigenvalue weighted by Gasteiger charge is -2.07. The van der Waals surface area contributed by atoms with E-state index in [4.69, 9.17) is 5.73 Å². The van der Waals surface area contributed by atoms with Crippen molar-refractivity contribution in [2.24, 2.45) is 11.7 Å². The Morgan fingerprint density at radius 1 is 1.56 bits per heavy atom. The van der Waals surface area contributed by atoms with Gasteiger partial charge in [-0.25, -0.2) is 0 Å². The van der Waals surface area contributed by atoms with Crippen LogP contribution >= 0.6 is 11.3 Å². The summed E-state index contributed by atoms with van der Waals surface area (Å²) in [5.74, 6) is -0.639. The maximum absolute atomic E-state index is 11.4. The number of thiophene rings is 1. The van der Waals surface area contributed by atoms with Gasteiger partial charge in [-0.2, -0.15) is 0 Å². The maximum Gasteiger partial charge on any atom is 0.220 e. The Bertz CT molecular complexity index is 349. The minimum absolute atomic E-state index is 0.0403. The van der Waals surface area contributed by atoms with Gasteiger partial charge in [0.25, 0.3) is 0 Å². The van der Waals surface area contributed by atoms with Crippen molar-refractivity contribution in [3.05, 3.63) is 22.4 Å². The van der Waals surface area contributed by atoms with Crippen LogP contribution in [0.25, 0.3) is 0 Å². The number of carbonyl (C=O) groups excluding carboxylic acids is 2. The van der Waals surface area contributed by atoms with Crippen molar-refractivity contribution in [2.45, 2.75) is 26.3 Å². The summed E-state index contributed by atoms with van der Waals surface area (Å²) in [6, 6.07) is 3.91. The second kappa shape index (κ2) is 6.27. The summed E-state index contributed by atoms with van der Waals surface area (Å²) in [5.41, 5.74) is 5.10. The molecule has 0 aromatic carbocycles. The monoisotopic (exact) mass is 240 g/mol. The average molecular weight is 240 g/mol. The van der Waals surface area contributed by atoms with Crippen LogP contribution < -0.4 is 11.1 Å². The molecule has 0 bridgehead atoms. The summed E-state index contributed by atoms with van der Waals surface area (Å²) in [5, 5.41) is 4.77. The molecule has 1 atom stereocenters. The van der Waals surface area contributed by atoms with Gasteiger partial charge < -0.3 is 11.1 Å². The number of rotatable bonds is 6. The second-order valence-electron chi connectivity index (χ2n) is 3.70. The summed E-state index contributed by atoms with van der Waals surface area (Å²) in [4.78, 5) is 23.3. The van der Waals surface area contributed by atoms with Crippen molar-refractivity contribution in [3.8, 4) is 0 Å². The van der Waals surface area contributed by atoms with Gasteiger partial charge in [0, 0.05) is 17.2 Å². The highest BCUT2D eigenvalue weighted by Gasteiger charge is 2.10. The van der Waals surface area contributed by atoms with Gasteiger partial charge in [-0.05, 0) is 17.9 Å². The van der Waals surface area contributed by atoms with E-state index in [2.05, 4.69) is 5.32 Å². The standard InChI is InChI=1S/C11H16N2O2S/c1-8(11(12)15)4-5-10(14)13-7-9-3-2-6-16-9/h2-3,6,8H,4-5,7H2,1H3,(H2,12,15)(H,13,14)/t8-/m0/s1. The first-order valence-electron chi connectivity index (χ1n) is 5.18. The van der Waals surface area contributed by atoms with E-state index in [-0.39, 0.29) is 17.7 Å². The summed E-state index contributed by atoms with van der Waals surface area (Å²) in [6.45, 7) is 2.29. The quantitative estimate of drug-likeness (QED) is 0.786. The van der Waals surface area contributed by atoms with Crippen molar-refractivity contribution in [2.75, 3.05) is 0 Å². The number of nitrogens with two attached hydrogens (primary N) is 1. The van der Waals surface area contributed by atoms with Crippen LogP contribution in [0.2, 0.25) is 0 Å². The van der Waals surface area contributed by atoms with E-state index >= 15 is 0 Å². The molecular formula is C11H16N2O2S. The van der Waals surface area contributed by atoms with Crippen molar-refractivity contribution >= 4 is 23.2 Å². The molecule has 0 saturated carbocycles. The van der Waals surface area contributed by atoms with Gasteiger partial charge in [-0.3, -0.25) is 9.59 Å². The lowest BCUT2D eigenvalue weighted by atomic mass is 10.1. The van der Waals surface area contributed by atoms with Crippen LogP contribution in [0.3, 0.4) is 0 Å². The molecule has 1 heterocycles. The minimum Gasteiger partial charge on any atom is -0.369 e. The maximum atomic E-state index is 11.4. The number of nitrogens with one attached hydrogen (secondary N) is 1. The molecule has 0 spiro atoms. The molecule has 1 aromatic rings. The first-order valence-corrected chi connectivity index (χ1v) is 6.06. The highest BCUT2D eigenvalue weighted by molar-refractivity contribution is 7.09. The highest BCUT2D eigenvalue weighted by Crippen LogP contribution is 2.08. The van der Waals surface area contributed by atoms with Crippen LogP contribution in [0.15, 0.2) is 17.5 Å². The molecule has 1 aromatic heterocycles. The normalized spacial score (nSPS) is 12.1. The Morgan fingerprint density at radius 3 is 2.88 bits per heavy atom. The van der Waals surface area contributed by atoms with Gasteiger partial charge in [0.05, 0.1) is 6.54 Å². The van der Waals surface area contributed by atoms with Crippen LogP contribution in [0, 0.1) is 5.92 Å². The molecule has 0 aliphatic carbocycles. The Morgan fingerprint density at radius 2 is 2.31 bits per heavy atom. The number of primary amides is 1. The smallest absolute Gasteiger partial charge is 0.220 e. The Labute approximate surface area is 98.8 Å². The molecule has 3 N–H and O–H groups in total. The van der Waals surface area contributed by atoms with Crippen molar-refractivity contribution < 1.29 is 9.59 Å². The molecule has 2 amide bonds. The first kappa shape index (κ1) is 12.7. The van der Waals surface area contributed by atoms with Crippen LogP contribution in [-0.2, 0) is 16.1 Å². The average Bonchev–Trinajstić information content (AvgIpc) is 2.75. The molecule has 5 heteroatoms. The van der Waals surface area contributed by atoms with Crippen molar-refractivity contribution in [1.29, 1.82) is 0 Å². The van der Waals surface area contributed by atoms with E-state index in [0.29, 0.717) is 19.4 Å². The first-order chi connectivity index (χ1) is 7.59. The van der Waals surface area contributed by atoms with E-state index in [1.54, 1.807) is 18.3 Å². The number of carbonyl (C=O) groups is 2. The zero-order chi connectivity index (χ0) is 12.0. The molecular weight excluding hydrogens is 224 g/mol. The SMILES string of the molecule is C[C@@H](CCC(=O)NCc1cccs1)C(N)=O. The molecule has 0 aliphatic heterocycles. The molecule has 16 heavy (non-hydrogen) atoms. The Hall–Kier alpha value is -1.36. The molecule has 0 fully saturated rings. The fraction of sp³-hybridized carbons (Fsp3) is 0.455. The molecule has 0 saturated heterocycles. The third kappa shape index (κ3) is 4.44. The van der Waals surface area contributed by atoms with Gasteiger partial charge in [-0.1, -0.05) is 13.0 Å². The molecule has 0 unspecified atom stereocenters. The van der Waals surface area contributed by atoms with Gasteiger partial charge in [-0.15, -0.1) is 11.3 Å². The third-order valence-electron chi connectivity index (χ3n) is 2.33. The summed E-state index contributed by atoms with van der Waals surface area (Å²) < 4.78 is 0. The fourth-order valence-corrected chi connectivity index (χ4v) is 1.82. The topological polar surface area (TPSA) is 72.2 Å². The molecule has 4 nitrogen and oxygen atoms in total. The minimum atomic E-state index is -0.356. The predicted molar refractivity (Wildman–Crippen MR) is 63.8 cm³/mol. The Kier molecular flexibility index (Phi) is 4.98. The molecule has 0 aliphatic rings. The van der Waals surface area contributed by atoms with Gasteiger partial charge in [0.15, 0.2) is 0 Å². The van der Waals surface area contributed by atoms with Crippen LogP contribution in [-0.4, -0.2) is 11.8 Å². The highest BCUT2D eigenvalue weighted by atomic mass is 32.1. The van der Waals surface area contributed by atoms with E-state index in [1.807, 2.05) is 17.5 Å². The van der Waals surface area contributed by atoms with Crippen LogP contribution in [0.4, 0.5) is 0 Å². The zero-order valence-electron chi connectivity index (χ0n) is 9.23. The number of hydrogen-bond acceptors (Lipinski definition) is 3. The van der Waals surface area contributed by atoms with Crippen LogP contribution in [0.1, 0.15) is 24.6 Å². The van der Waals surface area contributed by atoms with Crippen molar-refractivity contribution in [3.63, 3.8) is 0 Å². The number of hydrogen-bond donors (Lipinski definition) is 2. The van der Waals surface area contributed by atoms with E-state index < -0.39 is 0 Å². The fourth-order valence-electron chi connectivity index (χ4n) is 1.18. The molecule has 88 valence electrons.